The Hall–Kier alpha value is -2.34. The van der Waals surface area contributed by atoms with Crippen LogP contribution in [0.5, 0.6) is 5.75 Å². The smallest absolute Gasteiger partial charge is 0.225 e. The van der Waals surface area contributed by atoms with E-state index in [-0.39, 0.29) is 17.7 Å². The van der Waals surface area contributed by atoms with E-state index in [1.165, 1.54) is 42.4 Å². The Balaban J connectivity index is 1.73. The Labute approximate surface area is 163 Å². The Bertz CT molecular complexity index is 884. The first kappa shape index (κ1) is 18.0. The van der Waals surface area contributed by atoms with Crippen LogP contribution < -0.4 is 15.4 Å². The fraction of sp³-hybridized carbons (Fsp3) is 0.429. The Morgan fingerprint density at radius 3 is 2.67 bits per heavy atom. The molecule has 142 valence electrons. The number of carbonyl (C=O) groups excluding carboxylic acids is 2. The van der Waals surface area contributed by atoms with Gasteiger partial charge in [-0.3, -0.25) is 9.59 Å². The molecular formula is C21H24N2O3S. The summed E-state index contributed by atoms with van der Waals surface area (Å²) in [6.45, 7) is 1.48. The quantitative estimate of drug-likeness (QED) is 0.792. The van der Waals surface area contributed by atoms with Crippen LogP contribution in [0.25, 0.3) is 0 Å². The van der Waals surface area contributed by atoms with Crippen LogP contribution in [0.3, 0.4) is 0 Å². The van der Waals surface area contributed by atoms with Gasteiger partial charge in [-0.25, -0.2) is 0 Å². The predicted molar refractivity (Wildman–Crippen MR) is 108 cm³/mol. The van der Waals surface area contributed by atoms with Crippen molar-refractivity contribution >= 4 is 34.5 Å². The van der Waals surface area contributed by atoms with Gasteiger partial charge >= 0.3 is 0 Å². The molecule has 1 aromatic heterocycles. The molecule has 0 bridgehead atoms. The molecule has 0 saturated heterocycles. The molecular weight excluding hydrogens is 360 g/mol. The van der Waals surface area contributed by atoms with Crippen molar-refractivity contribution in [2.75, 3.05) is 17.7 Å². The maximum absolute atomic E-state index is 12.3. The molecule has 27 heavy (non-hydrogen) atoms. The molecule has 1 unspecified atom stereocenters. The maximum Gasteiger partial charge on any atom is 0.225 e. The summed E-state index contributed by atoms with van der Waals surface area (Å²) in [7, 11) is 1.56. The van der Waals surface area contributed by atoms with Crippen LogP contribution in [0.2, 0.25) is 0 Å². The zero-order chi connectivity index (χ0) is 19.0. The van der Waals surface area contributed by atoms with E-state index in [0.717, 1.165) is 11.3 Å². The van der Waals surface area contributed by atoms with E-state index in [0.29, 0.717) is 23.8 Å². The number of fused-ring (bicyclic) bond motifs is 1. The van der Waals surface area contributed by atoms with Crippen LogP contribution in [0.1, 0.15) is 66.2 Å². The molecule has 2 amide bonds. The summed E-state index contributed by atoms with van der Waals surface area (Å²) in [5.41, 5.74) is 2.43. The lowest BCUT2D eigenvalue weighted by Crippen LogP contribution is -2.23. The summed E-state index contributed by atoms with van der Waals surface area (Å²) in [4.78, 5) is 26.5. The van der Waals surface area contributed by atoms with E-state index in [1.807, 2.05) is 17.4 Å². The summed E-state index contributed by atoms with van der Waals surface area (Å²) < 4.78 is 5.40. The number of amides is 2. The SMILES string of the molecule is COc1cc2c(cc1NC(C)=O)C(c1ccc(C3CCCC3)s1)CC(=O)N2. The number of hydrogen-bond acceptors (Lipinski definition) is 4. The monoisotopic (exact) mass is 384 g/mol. The molecule has 1 aliphatic carbocycles. The van der Waals surface area contributed by atoms with Crippen molar-refractivity contribution in [2.24, 2.45) is 0 Å². The largest absolute Gasteiger partial charge is 0.494 e. The van der Waals surface area contributed by atoms with E-state index >= 15 is 0 Å². The first-order valence-corrected chi connectivity index (χ1v) is 10.3. The summed E-state index contributed by atoms with van der Waals surface area (Å²) in [5, 5.41) is 5.78. The van der Waals surface area contributed by atoms with Crippen LogP contribution in [0, 0.1) is 0 Å². The lowest BCUT2D eigenvalue weighted by atomic mass is 9.88. The third kappa shape index (κ3) is 3.58. The number of ether oxygens (including phenoxy) is 1. The van der Waals surface area contributed by atoms with Crippen molar-refractivity contribution in [1.82, 2.24) is 0 Å². The third-order valence-electron chi connectivity index (χ3n) is 5.47. The van der Waals surface area contributed by atoms with Crippen LogP contribution in [0.4, 0.5) is 11.4 Å². The molecule has 1 saturated carbocycles. The van der Waals surface area contributed by atoms with Gasteiger partial charge in [0.05, 0.1) is 12.8 Å². The number of rotatable bonds is 4. The predicted octanol–water partition coefficient (Wildman–Crippen LogP) is 4.85. The molecule has 4 rings (SSSR count). The van der Waals surface area contributed by atoms with Crippen LogP contribution in [0.15, 0.2) is 24.3 Å². The Morgan fingerprint density at radius 2 is 1.96 bits per heavy atom. The Morgan fingerprint density at radius 1 is 1.22 bits per heavy atom. The molecule has 1 fully saturated rings. The highest BCUT2D eigenvalue weighted by molar-refractivity contribution is 7.12. The highest BCUT2D eigenvalue weighted by Gasteiger charge is 2.30. The first-order chi connectivity index (χ1) is 13.0. The van der Waals surface area contributed by atoms with E-state index < -0.39 is 0 Å². The van der Waals surface area contributed by atoms with Gasteiger partial charge in [0.2, 0.25) is 11.8 Å². The second-order valence-electron chi connectivity index (χ2n) is 7.35. The van der Waals surface area contributed by atoms with Crippen LogP contribution >= 0.6 is 11.3 Å². The minimum atomic E-state index is -0.149. The zero-order valence-electron chi connectivity index (χ0n) is 15.6. The van der Waals surface area contributed by atoms with E-state index in [4.69, 9.17) is 4.74 Å². The first-order valence-electron chi connectivity index (χ1n) is 9.44. The number of methoxy groups -OCH3 is 1. The van der Waals surface area contributed by atoms with Crippen molar-refractivity contribution in [3.8, 4) is 5.75 Å². The number of anilines is 2. The van der Waals surface area contributed by atoms with Crippen molar-refractivity contribution in [3.05, 3.63) is 39.6 Å². The summed E-state index contributed by atoms with van der Waals surface area (Å²) in [6.07, 6.45) is 5.58. The van der Waals surface area contributed by atoms with Gasteiger partial charge in [-0.1, -0.05) is 12.8 Å². The van der Waals surface area contributed by atoms with Crippen LogP contribution in [-0.4, -0.2) is 18.9 Å². The topological polar surface area (TPSA) is 67.4 Å². The molecule has 1 aliphatic heterocycles. The van der Waals surface area contributed by atoms with Crippen LogP contribution in [-0.2, 0) is 9.59 Å². The molecule has 2 N–H and O–H groups in total. The number of benzene rings is 1. The number of hydrogen-bond donors (Lipinski definition) is 2. The highest BCUT2D eigenvalue weighted by atomic mass is 32.1. The maximum atomic E-state index is 12.3. The number of carbonyl (C=O) groups is 2. The molecule has 5 nitrogen and oxygen atoms in total. The van der Waals surface area contributed by atoms with Crippen molar-refractivity contribution in [2.45, 2.75) is 50.9 Å². The molecule has 1 aromatic carbocycles. The molecule has 1 atom stereocenters. The van der Waals surface area contributed by atoms with E-state index in [2.05, 4.69) is 22.8 Å². The van der Waals surface area contributed by atoms with Crippen molar-refractivity contribution in [1.29, 1.82) is 0 Å². The number of nitrogens with one attached hydrogen (secondary N) is 2. The van der Waals surface area contributed by atoms with Gasteiger partial charge in [-0.05, 0) is 42.5 Å². The van der Waals surface area contributed by atoms with Crippen molar-refractivity contribution in [3.63, 3.8) is 0 Å². The second kappa shape index (κ2) is 7.35. The summed E-state index contributed by atoms with van der Waals surface area (Å²) >= 11 is 1.83. The van der Waals surface area contributed by atoms with Gasteiger partial charge in [-0.15, -0.1) is 11.3 Å². The minimum Gasteiger partial charge on any atom is -0.494 e. The molecule has 2 heterocycles. The number of thiophene rings is 1. The van der Waals surface area contributed by atoms with E-state index in [9.17, 15) is 9.59 Å². The minimum absolute atomic E-state index is 0.00678. The zero-order valence-corrected chi connectivity index (χ0v) is 16.4. The van der Waals surface area contributed by atoms with Gasteiger partial charge in [0.1, 0.15) is 5.75 Å². The van der Waals surface area contributed by atoms with Gasteiger partial charge in [0.15, 0.2) is 0 Å². The standard InChI is InChI=1S/C21H24N2O3S/c1-12(24)22-17-9-14-15(10-21(25)23-16(14)11-18(17)26-2)20-8-7-19(27-20)13-5-3-4-6-13/h7-9,11,13,15H,3-6,10H2,1-2H3,(H,22,24)(H,23,25). The van der Waals surface area contributed by atoms with Gasteiger partial charge < -0.3 is 15.4 Å². The molecule has 2 aromatic rings. The van der Waals surface area contributed by atoms with Crippen molar-refractivity contribution < 1.29 is 14.3 Å². The average molecular weight is 385 g/mol. The Kier molecular flexibility index (Phi) is 4.91. The molecule has 6 heteroatoms. The molecule has 0 radical (unpaired) electrons. The van der Waals surface area contributed by atoms with Gasteiger partial charge in [-0.2, -0.15) is 0 Å². The normalized spacial score (nSPS) is 19.5. The average Bonchev–Trinajstić information content (AvgIpc) is 3.31. The third-order valence-corrected chi connectivity index (χ3v) is 6.83. The van der Waals surface area contributed by atoms with E-state index in [1.54, 1.807) is 13.2 Å². The van der Waals surface area contributed by atoms with Gasteiger partial charge in [0.25, 0.3) is 0 Å². The summed E-state index contributed by atoms with van der Waals surface area (Å²) in [6, 6.07) is 8.15. The molecule has 0 spiro atoms. The highest BCUT2D eigenvalue weighted by Crippen LogP contribution is 2.46. The molecule has 2 aliphatic rings. The second-order valence-corrected chi connectivity index (χ2v) is 8.49. The lowest BCUT2D eigenvalue weighted by Gasteiger charge is -2.26. The fourth-order valence-corrected chi connectivity index (χ4v) is 5.48. The van der Waals surface area contributed by atoms with Gasteiger partial charge in [0, 0.05) is 40.8 Å². The summed E-state index contributed by atoms with van der Waals surface area (Å²) in [5.74, 6) is 1.09. The lowest BCUT2D eigenvalue weighted by molar-refractivity contribution is -0.116. The fourth-order valence-electron chi connectivity index (χ4n) is 4.19.